The zero-order valence-corrected chi connectivity index (χ0v) is 14.1. The minimum absolute atomic E-state index is 0.122. The second-order valence-electron chi connectivity index (χ2n) is 6.08. The molecule has 0 spiro atoms. The Morgan fingerprint density at radius 1 is 1.24 bits per heavy atom. The van der Waals surface area contributed by atoms with Crippen LogP contribution in [0.1, 0.15) is 12.0 Å². The van der Waals surface area contributed by atoms with Crippen LogP contribution in [0.2, 0.25) is 0 Å². The molecule has 5 nitrogen and oxygen atoms in total. The van der Waals surface area contributed by atoms with E-state index in [1.807, 2.05) is 25.1 Å². The first kappa shape index (κ1) is 17.0. The van der Waals surface area contributed by atoms with Gasteiger partial charge in [0.25, 0.3) is 0 Å². The van der Waals surface area contributed by atoms with Gasteiger partial charge in [0.1, 0.15) is 11.6 Å². The fourth-order valence-electron chi connectivity index (χ4n) is 2.90. The van der Waals surface area contributed by atoms with Gasteiger partial charge in [-0.2, -0.15) is 0 Å². The summed E-state index contributed by atoms with van der Waals surface area (Å²) in [6.07, 6.45) is 0.129. The maximum atomic E-state index is 12.9. The second kappa shape index (κ2) is 6.93. The van der Waals surface area contributed by atoms with E-state index in [4.69, 9.17) is 4.74 Å². The van der Waals surface area contributed by atoms with Crippen molar-refractivity contribution in [1.82, 2.24) is 0 Å². The predicted octanol–water partition coefficient (Wildman–Crippen LogP) is 3.13. The molecule has 0 radical (unpaired) electrons. The first-order chi connectivity index (χ1) is 12.0. The van der Waals surface area contributed by atoms with E-state index in [1.165, 1.54) is 24.3 Å². The molecule has 1 aliphatic heterocycles. The third kappa shape index (κ3) is 3.63. The number of carbonyl (C=O) groups excluding carboxylic acids is 2. The first-order valence-corrected chi connectivity index (χ1v) is 7.99. The average molecular weight is 342 g/mol. The van der Waals surface area contributed by atoms with Crippen molar-refractivity contribution in [2.24, 2.45) is 5.92 Å². The molecule has 2 aromatic rings. The lowest BCUT2D eigenvalue weighted by Crippen LogP contribution is -2.28. The summed E-state index contributed by atoms with van der Waals surface area (Å²) in [4.78, 5) is 26.4. The summed E-state index contributed by atoms with van der Waals surface area (Å²) in [7, 11) is 1.55. The Hall–Kier alpha value is -2.89. The highest BCUT2D eigenvalue weighted by atomic mass is 19.1. The second-order valence-corrected chi connectivity index (χ2v) is 6.08. The van der Waals surface area contributed by atoms with Gasteiger partial charge in [-0.1, -0.05) is 6.07 Å². The van der Waals surface area contributed by atoms with Crippen LogP contribution in [0.3, 0.4) is 0 Å². The fraction of sp³-hybridized carbons (Fsp3) is 0.263. The molecule has 2 aromatic carbocycles. The van der Waals surface area contributed by atoms with Crippen LogP contribution in [0, 0.1) is 18.7 Å². The first-order valence-electron chi connectivity index (χ1n) is 7.99. The standard InChI is InChI=1S/C19H19FN2O3/c1-12-3-8-17(25-2)16(9-12)22-11-13(10-18(22)23)19(24)21-15-6-4-14(20)5-7-15/h3-9,13H,10-11H2,1-2H3,(H,21,24). The number of nitrogens with zero attached hydrogens (tertiary/aromatic N) is 1. The molecule has 1 unspecified atom stereocenters. The molecule has 1 atom stereocenters. The van der Waals surface area contributed by atoms with Crippen molar-refractivity contribution in [2.45, 2.75) is 13.3 Å². The monoisotopic (exact) mass is 342 g/mol. The molecule has 1 saturated heterocycles. The van der Waals surface area contributed by atoms with Crippen molar-refractivity contribution < 1.29 is 18.7 Å². The Kier molecular flexibility index (Phi) is 4.70. The lowest BCUT2D eigenvalue weighted by molar-refractivity contribution is -0.122. The van der Waals surface area contributed by atoms with Crippen molar-refractivity contribution in [2.75, 3.05) is 23.9 Å². The minimum Gasteiger partial charge on any atom is -0.495 e. The number of rotatable bonds is 4. The van der Waals surface area contributed by atoms with Gasteiger partial charge in [0.05, 0.1) is 18.7 Å². The van der Waals surface area contributed by atoms with Crippen molar-refractivity contribution in [3.05, 3.63) is 53.8 Å². The molecule has 1 N–H and O–H groups in total. The summed E-state index contributed by atoms with van der Waals surface area (Å²) in [6.45, 7) is 2.22. The van der Waals surface area contributed by atoms with E-state index in [1.54, 1.807) is 12.0 Å². The minimum atomic E-state index is -0.470. The van der Waals surface area contributed by atoms with Crippen LogP contribution >= 0.6 is 0 Å². The van der Waals surface area contributed by atoms with E-state index in [0.29, 0.717) is 17.1 Å². The predicted molar refractivity (Wildman–Crippen MR) is 93.2 cm³/mol. The number of hydrogen-bond acceptors (Lipinski definition) is 3. The van der Waals surface area contributed by atoms with E-state index in [2.05, 4.69) is 5.32 Å². The lowest BCUT2D eigenvalue weighted by Gasteiger charge is -2.20. The molecule has 1 fully saturated rings. The Morgan fingerprint density at radius 2 is 1.96 bits per heavy atom. The Balaban J connectivity index is 1.75. The number of aryl methyl sites for hydroxylation is 1. The van der Waals surface area contributed by atoms with Gasteiger partial charge >= 0.3 is 0 Å². The van der Waals surface area contributed by atoms with E-state index in [9.17, 15) is 14.0 Å². The summed E-state index contributed by atoms with van der Waals surface area (Å²) in [6, 6.07) is 11.1. The van der Waals surface area contributed by atoms with E-state index in [-0.39, 0.29) is 30.6 Å². The molecule has 2 amide bonds. The SMILES string of the molecule is COc1ccc(C)cc1N1CC(C(=O)Nc2ccc(F)cc2)CC1=O. The van der Waals surface area contributed by atoms with Crippen molar-refractivity contribution in [1.29, 1.82) is 0 Å². The van der Waals surface area contributed by atoms with Crippen molar-refractivity contribution in [3.8, 4) is 5.75 Å². The van der Waals surface area contributed by atoms with Gasteiger partial charge in [0, 0.05) is 18.7 Å². The quantitative estimate of drug-likeness (QED) is 0.929. The summed E-state index contributed by atoms with van der Waals surface area (Å²) < 4.78 is 18.3. The van der Waals surface area contributed by atoms with Gasteiger partial charge in [-0.3, -0.25) is 9.59 Å². The van der Waals surface area contributed by atoms with E-state index < -0.39 is 5.92 Å². The van der Waals surface area contributed by atoms with Crippen molar-refractivity contribution >= 4 is 23.2 Å². The Bertz CT molecular complexity index is 805. The lowest BCUT2D eigenvalue weighted by atomic mass is 10.1. The third-order valence-corrected chi connectivity index (χ3v) is 4.23. The van der Waals surface area contributed by atoms with Gasteiger partial charge in [-0.15, -0.1) is 0 Å². The van der Waals surface area contributed by atoms with Crippen molar-refractivity contribution in [3.63, 3.8) is 0 Å². The third-order valence-electron chi connectivity index (χ3n) is 4.23. The molecule has 1 aliphatic rings. The maximum absolute atomic E-state index is 12.9. The number of nitrogens with one attached hydrogen (secondary N) is 1. The van der Waals surface area contributed by atoms with Crippen LogP contribution < -0.4 is 15.0 Å². The number of benzene rings is 2. The number of hydrogen-bond donors (Lipinski definition) is 1. The average Bonchev–Trinajstić information content (AvgIpc) is 2.98. The highest BCUT2D eigenvalue weighted by Crippen LogP contribution is 2.34. The molecular formula is C19H19FN2O3. The smallest absolute Gasteiger partial charge is 0.229 e. The number of anilines is 2. The fourth-order valence-corrected chi connectivity index (χ4v) is 2.90. The largest absolute Gasteiger partial charge is 0.495 e. The number of halogens is 1. The molecule has 6 heteroatoms. The van der Waals surface area contributed by atoms with Crippen LogP contribution in [0.25, 0.3) is 0 Å². The molecule has 1 heterocycles. The number of ether oxygens (including phenoxy) is 1. The molecule has 0 aromatic heterocycles. The molecule has 0 saturated carbocycles. The van der Waals surface area contributed by atoms with Gasteiger partial charge in [0.15, 0.2) is 0 Å². The van der Waals surface area contributed by atoms with Gasteiger partial charge in [-0.25, -0.2) is 4.39 Å². The zero-order valence-electron chi connectivity index (χ0n) is 14.1. The topological polar surface area (TPSA) is 58.6 Å². The van der Waals surface area contributed by atoms with Crippen LogP contribution in [0.15, 0.2) is 42.5 Å². The summed E-state index contributed by atoms with van der Waals surface area (Å²) >= 11 is 0. The normalized spacial score (nSPS) is 16.8. The Labute approximate surface area is 145 Å². The zero-order chi connectivity index (χ0) is 18.0. The molecule has 25 heavy (non-hydrogen) atoms. The van der Waals surface area contributed by atoms with Gasteiger partial charge in [0.2, 0.25) is 11.8 Å². The molecule has 3 rings (SSSR count). The summed E-state index contributed by atoms with van der Waals surface area (Å²) in [5.41, 5.74) is 2.18. The van der Waals surface area contributed by atoms with E-state index >= 15 is 0 Å². The molecule has 0 aliphatic carbocycles. The van der Waals surface area contributed by atoms with Crippen LogP contribution in [-0.4, -0.2) is 25.5 Å². The summed E-state index contributed by atoms with van der Waals surface area (Å²) in [5.74, 6) is -0.620. The van der Waals surface area contributed by atoms with Crippen LogP contribution in [-0.2, 0) is 9.59 Å². The molecule has 130 valence electrons. The number of carbonyl (C=O) groups is 2. The summed E-state index contributed by atoms with van der Waals surface area (Å²) in [5, 5.41) is 2.73. The number of amides is 2. The number of methoxy groups -OCH3 is 1. The molecular weight excluding hydrogens is 323 g/mol. The van der Waals surface area contributed by atoms with Crippen LogP contribution in [0.4, 0.5) is 15.8 Å². The molecule has 0 bridgehead atoms. The highest BCUT2D eigenvalue weighted by Gasteiger charge is 2.36. The van der Waals surface area contributed by atoms with E-state index in [0.717, 1.165) is 5.56 Å². The Morgan fingerprint density at radius 3 is 2.64 bits per heavy atom. The van der Waals surface area contributed by atoms with Gasteiger partial charge < -0.3 is 15.0 Å². The maximum Gasteiger partial charge on any atom is 0.229 e. The van der Waals surface area contributed by atoms with Crippen LogP contribution in [0.5, 0.6) is 5.75 Å². The van der Waals surface area contributed by atoms with Gasteiger partial charge in [-0.05, 0) is 48.9 Å². The highest BCUT2D eigenvalue weighted by molar-refractivity contribution is 6.04.